The van der Waals surface area contributed by atoms with Gasteiger partial charge in [-0.3, -0.25) is 0 Å². The van der Waals surface area contributed by atoms with Crippen molar-refractivity contribution in [2.45, 2.75) is 71.1 Å². The van der Waals surface area contributed by atoms with Gasteiger partial charge in [-0.1, -0.05) is 52.2 Å². The maximum atomic E-state index is 2.45. The van der Waals surface area contributed by atoms with Crippen molar-refractivity contribution in [1.82, 2.24) is 0 Å². The zero-order valence-electron chi connectivity index (χ0n) is 16.0. The van der Waals surface area contributed by atoms with Crippen LogP contribution in [0.4, 0.5) is 0 Å². The molecule has 1 heteroatoms. The average Bonchev–Trinajstić information content (AvgIpc) is 2.56. The fourth-order valence-electron chi connectivity index (χ4n) is 3.91. The van der Waals surface area contributed by atoms with Gasteiger partial charge >= 0.3 is 0 Å². The molecule has 0 spiro atoms. The SMILES string of the molecule is Cc1ccc(C(C)(C)C)cc1-c1cc(C2CCCCC2)cc[n+]1C. The first-order valence-corrected chi connectivity index (χ1v) is 9.47. The van der Waals surface area contributed by atoms with Crippen molar-refractivity contribution in [2.75, 3.05) is 0 Å². The molecule has 0 N–H and O–H groups in total. The molecule has 128 valence electrons. The van der Waals surface area contributed by atoms with Gasteiger partial charge in [-0.15, -0.1) is 0 Å². The summed E-state index contributed by atoms with van der Waals surface area (Å²) in [6.07, 6.45) is 9.15. The van der Waals surface area contributed by atoms with Gasteiger partial charge in [0.05, 0.1) is 0 Å². The summed E-state index contributed by atoms with van der Waals surface area (Å²) in [6.45, 7) is 9.11. The van der Waals surface area contributed by atoms with Crippen LogP contribution >= 0.6 is 0 Å². The zero-order valence-corrected chi connectivity index (χ0v) is 16.0. The van der Waals surface area contributed by atoms with Crippen LogP contribution in [0.25, 0.3) is 11.3 Å². The second kappa shape index (κ2) is 6.70. The third-order valence-electron chi connectivity index (χ3n) is 5.63. The molecule has 0 radical (unpaired) electrons. The van der Waals surface area contributed by atoms with Crippen LogP contribution in [-0.4, -0.2) is 0 Å². The van der Waals surface area contributed by atoms with Crippen LogP contribution in [0.2, 0.25) is 0 Å². The molecule has 0 bridgehead atoms. The lowest BCUT2D eigenvalue weighted by Crippen LogP contribution is -2.31. The minimum atomic E-state index is 0.183. The first-order chi connectivity index (χ1) is 11.4. The summed E-state index contributed by atoms with van der Waals surface area (Å²) < 4.78 is 2.28. The van der Waals surface area contributed by atoms with Gasteiger partial charge < -0.3 is 0 Å². The molecule has 1 heterocycles. The van der Waals surface area contributed by atoms with Gasteiger partial charge in [0.15, 0.2) is 6.20 Å². The van der Waals surface area contributed by atoms with E-state index in [1.807, 2.05) is 0 Å². The molecule has 1 nitrogen and oxygen atoms in total. The predicted octanol–water partition coefficient (Wildman–Crippen LogP) is 5.83. The Kier molecular flexibility index (Phi) is 4.80. The zero-order chi connectivity index (χ0) is 17.3. The second-order valence-electron chi connectivity index (χ2n) is 8.57. The molecule has 0 saturated heterocycles. The Morgan fingerprint density at radius 3 is 2.33 bits per heavy atom. The smallest absolute Gasteiger partial charge is 0.201 e. The molecular weight excluding hydrogens is 290 g/mol. The average molecular weight is 323 g/mol. The summed E-state index contributed by atoms with van der Waals surface area (Å²) >= 11 is 0. The van der Waals surface area contributed by atoms with Crippen molar-refractivity contribution < 1.29 is 4.57 Å². The van der Waals surface area contributed by atoms with Crippen molar-refractivity contribution in [2.24, 2.45) is 7.05 Å². The Hall–Kier alpha value is -1.63. The van der Waals surface area contributed by atoms with Gasteiger partial charge in [-0.05, 0) is 53.9 Å². The van der Waals surface area contributed by atoms with Crippen molar-refractivity contribution in [1.29, 1.82) is 0 Å². The van der Waals surface area contributed by atoms with E-state index < -0.39 is 0 Å². The summed E-state index contributed by atoms with van der Waals surface area (Å²) in [6, 6.07) is 11.7. The first-order valence-electron chi connectivity index (χ1n) is 9.47. The molecule has 0 unspecified atom stereocenters. The first kappa shape index (κ1) is 17.2. The van der Waals surface area contributed by atoms with E-state index in [0.717, 1.165) is 5.92 Å². The lowest BCUT2D eigenvalue weighted by atomic mass is 9.83. The van der Waals surface area contributed by atoms with E-state index in [0.29, 0.717) is 0 Å². The van der Waals surface area contributed by atoms with Crippen LogP contribution in [0.15, 0.2) is 36.5 Å². The minimum Gasteiger partial charge on any atom is -0.201 e. The number of hydrogen-bond donors (Lipinski definition) is 0. The number of hydrogen-bond acceptors (Lipinski definition) is 0. The van der Waals surface area contributed by atoms with E-state index in [1.165, 1.54) is 60.1 Å². The molecule has 1 saturated carbocycles. The summed E-state index contributed by atoms with van der Waals surface area (Å²) in [5, 5.41) is 0. The van der Waals surface area contributed by atoms with Gasteiger partial charge in [0.25, 0.3) is 0 Å². The third-order valence-corrected chi connectivity index (χ3v) is 5.63. The molecule has 1 aliphatic rings. The van der Waals surface area contributed by atoms with Gasteiger partial charge in [-0.25, -0.2) is 4.57 Å². The summed E-state index contributed by atoms with van der Waals surface area (Å²) in [7, 11) is 2.17. The Morgan fingerprint density at radius 2 is 1.67 bits per heavy atom. The number of aryl methyl sites for hydroxylation is 2. The standard InChI is InChI=1S/C23H32N/c1-17-11-12-20(23(2,3)4)16-21(17)22-15-19(13-14-24(22)5)18-9-7-6-8-10-18/h11-16,18H,6-10H2,1-5H3/q+1. The molecule has 24 heavy (non-hydrogen) atoms. The molecule has 3 rings (SSSR count). The van der Waals surface area contributed by atoms with Crippen LogP contribution in [0.5, 0.6) is 0 Å². The van der Waals surface area contributed by atoms with Gasteiger partial charge in [0.2, 0.25) is 5.69 Å². The highest BCUT2D eigenvalue weighted by molar-refractivity contribution is 5.63. The fourth-order valence-corrected chi connectivity index (χ4v) is 3.91. The highest BCUT2D eigenvalue weighted by Crippen LogP contribution is 2.34. The highest BCUT2D eigenvalue weighted by Gasteiger charge is 2.22. The monoisotopic (exact) mass is 322 g/mol. The predicted molar refractivity (Wildman–Crippen MR) is 102 cm³/mol. The topological polar surface area (TPSA) is 3.88 Å². The molecule has 0 amide bonds. The third kappa shape index (κ3) is 3.55. The summed E-state index contributed by atoms with van der Waals surface area (Å²) in [5.74, 6) is 0.754. The molecule has 1 fully saturated rings. The van der Waals surface area contributed by atoms with E-state index in [9.17, 15) is 0 Å². The van der Waals surface area contributed by atoms with Gasteiger partial charge in [-0.2, -0.15) is 0 Å². The number of nitrogens with zero attached hydrogens (tertiary/aromatic N) is 1. The highest BCUT2D eigenvalue weighted by atomic mass is 14.9. The number of rotatable bonds is 2. The number of pyridine rings is 1. The van der Waals surface area contributed by atoms with Crippen LogP contribution in [0.3, 0.4) is 0 Å². The molecular formula is C23H32N+. The molecule has 2 aromatic rings. The van der Waals surface area contributed by atoms with Gasteiger partial charge in [0, 0.05) is 17.7 Å². The lowest BCUT2D eigenvalue weighted by molar-refractivity contribution is -0.660. The Labute approximate surface area is 147 Å². The molecule has 0 aliphatic heterocycles. The summed E-state index contributed by atoms with van der Waals surface area (Å²) in [4.78, 5) is 0. The fraction of sp³-hybridized carbons (Fsp3) is 0.522. The Bertz CT molecular complexity index is 715. The number of aromatic nitrogens is 1. The summed E-state index contributed by atoms with van der Waals surface area (Å²) in [5.41, 5.74) is 7.21. The Morgan fingerprint density at radius 1 is 0.958 bits per heavy atom. The van der Waals surface area contributed by atoms with Crippen LogP contribution < -0.4 is 4.57 Å². The van der Waals surface area contributed by atoms with Gasteiger partial charge in [0.1, 0.15) is 7.05 Å². The molecule has 0 atom stereocenters. The van der Waals surface area contributed by atoms with Crippen molar-refractivity contribution in [3.05, 3.63) is 53.2 Å². The van der Waals surface area contributed by atoms with Crippen LogP contribution in [-0.2, 0) is 12.5 Å². The maximum Gasteiger partial charge on any atom is 0.212 e. The van der Waals surface area contributed by atoms with Crippen LogP contribution in [0, 0.1) is 6.92 Å². The number of benzene rings is 1. The van der Waals surface area contributed by atoms with E-state index in [1.54, 1.807) is 0 Å². The maximum absolute atomic E-state index is 2.45. The lowest BCUT2D eigenvalue weighted by Gasteiger charge is -2.22. The van der Waals surface area contributed by atoms with Crippen molar-refractivity contribution >= 4 is 0 Å². The van der Waals surface area contributed by atoms with E-state index in [2.05, 4.69) is 75.8 Å². The van der Waals surface area contributed by atoms with Crippen molar-refractivity contribution in [3.63, 3.8) is 0 Å². The minimum absolute atomic E-state index is 0.183. The molecule has 1 aliphatic carbocycles. The molecule has 1 aromatic carbocycles. The van der Waals surface area contributed by atoms with Crippen molar-refractivity contribution in [3.8, 4) is 11.3 Å². The largest absolute Gasteiger partial charge is 0.212 e. The van der Waals surface area contributed by atoms with Crippen LogP contribution in [0.1, 0.15) is 75.5 Å². The van der Waals surface area contributed by atoms with E-state index in [-0.39, 0.29) is 5.41 Å². The van der Waals surface area contributed by atoms with E-state index >= 15 is 0 Å². The normalized spacial score (nSPS) is 16.4. The molecule has 1 aromatic heterocycles. The second-order valence-corrected chi connectivity index (χ2v) is 8.57. The Balaban J connectivity index is 2.05. The quantitative estimate of drug-likeness (QED) is 0.612. The van der Waals surface area contributed by atoms with E-state index in [4.69, 9.17) is 0 Å².